The maximum atomic E-state index is 11.9. The molecule has 0 fully saturated rings. The van der Waals surface area contributed by atoms with Crippen LogP contribution in [0.3, 0.4) is 0 Å². The summed E-state index contributed by atoms with van der Waals surface area (Å²) in [4.78, 5) is 22.8. The van der Waals surface area contributed by atoms with Crippen LogP contribution in [0, 0.1) is 0 Å². The molecule has 0 bridgehead atoms. The standard InChI is InChI=1S/C14H18N2O3/c1-19-13(17)3-2-6-16-14(18)10-4-5-11-8-15-9-12(11)7-10/h4-5,7,15H,2-3,6,8-9H2,1H3,(H,16,18). The Morgan fingerprint density at radius 2 is 2.11 bits per heavy atom. The second-order valence-corrected chi connectivity index (χ2v) is 4.52. The molecule has 2 rings (SSSR count). The number of nitrogens with one attached hydrogen (secondary N) is 2. The average Bonchev–Trinajstić information content (AvgIpc) is 2.90. The Hall–Kier alpha value is -1.88. The molecule has 5 nitrogen and oxygen atoms in total. The van der Waals surface area contributed by atoms with E-state index in [1.807, 2.05) is 18.2 Å². The molecule has 0 aromatic heterocycles. The first kappa shape index (κ1) is 13.5. The summed E-state index contributed by atoms with van der Waals surface area (Å²) in [7, 11) is 1.36. The van der Waals surface area contributed by atoms with Crippen LogP contribution < -0.4 is 10.6 Å². The molecule has 1 aromatic carbocycles. The van der Waals surface area contributed by atoms with E-state index in [0.717, 1.165) is 13.1 Å². The van der Waals surface area contributed by atoms with Crippen LogP contribution in [0.5, 0.6) is 0 Å². The van der Waals surface area contributed by atoms with Gasteiger partial charge in [-0.3, -0.25) is 9.59 Å². The fourth-order valence-electron chi connectivity index (χ4n) is 2.07. The number of benzene rings is 1. The van der Waals surface area contributed by atoms with Gasteiger partial charge in [-0.1, -0.05) is 6.07 Å². The van der Waals surface area contributed by atoms with Gasteiger partial charge in [-0.25, -0.2) is 0 Å². The number of carbonyl (C=O) groups excluding carboxylic acids is 2. The van der Waals surface area contributed by atoms with Crippen molar-refractivity contribution in [2.45, 2.75) is 25.9 Å². The van der Waals surface area contributed by atoms with Gasteiger partial charge in [0.1, 0.15) is 0 Å². The SMILES string of the molecule is COC(=O)CCCNC(=O)c1ccc2c(c1)CNC2. The van der Waals surface area contributed by atoms with E-state index >= 15 is 0 Å². The van der Waals surface area contributed by atoms with Crippen LogP contribution in [0.15, 0.2) is 18.2 Å². The number of methoxy groups -OCH3 is 1. The molecule has 0 unspecified atom stereocenters. The Bertz CT molecular complexity index is 486. The number of rotatable bonds is 5. The maximum absolute atomic E-state index is 11.9. The maximum Gasteiger partial charge on any atom is 0.305 e. The van der Waals surface area contributed by atoms with Gasteiger partial charge in [-0.2, -0.15) is 0 Å². The summed E-state index contributed by atoms with van der Waals surface area (Å²) < 4.78 is 4.53. The first-order chi connectivity index (χ1) is 9.20. The third-order valence-electron chi connectivity index (χ3n) is 3.17. The van der Waals surface area contributed by atoms with Gasteiger partial charge < -0.3 is 15.4 Å². The van der Waals surface area contributed by atoms with Crippen LogP contribution >= 0.6 is 0 Å². The number of amides is 1. The van der Waals surface area contributed by atoms with E-state index in [-0.39, 0.29) is 11.9 Å². The van der Waals surface area contributed by atoms with Gasteiger partial charge in [0, 0.05) is 31.6 Å². The Labute approximate surface area is 112 Å². The topological polar surface area (TPSA) is 67.4 Å². The minimum atomic E-state index is -0.252. The van der Waals surface area contributed by atoms with E-state index in [1.54, 1.807) is 0 Å². The van der Waals surface area contributed by atoms with Crippen molar-refractivity contribution in [2.24, 2.45) is 0 Å². The van der Waals surface area contributed by atoms with E-state index in [1.165, 1.54) is 18.2 Å². The minimum Gasteiger partial charge on any atom is -0.469 e. The van der Waals surface area contributed by atoms with Gasteiger partial charge in [-0.15, -0.1) is 0 Å². The molecule has 1 aliphatic rings. The average molecular weight is 262 g/mol. The zero-order valence-electron chi connectivity index (χ0n) is 11.0. The summed E-state index contributed by atoms with van der Waals surface area (Å²) in [5, 5.41) is 6.04. The lowest BCUT2D eigenvalue weighted by Crippen LogP contribution is -2.25. The van der Waals surface area contributed by atoms with E-state index in [2.05, 4.69) is 15.4 Å². The lowest BCUT2D eigenvalue weighted by molar-refractivity contribution is -0.140. The molecular formula is C14H18N2O3. The highest BCUT2D eigenvalue weighted by Gasteiger charge is 2.13. The highest BCUT2D eigenvalue weighted by Crippen LogP contribution is 2.16. The van der Waals surface area contributed by atoms with Gasteiger partial charge in [0.2, 0.25) is 0 Å². The molecule has 1 aromatic rings. The number of carbonyl (C=O) groups is 2. The summed E-state index contributed by atoms with van der Waals surface area (Å²) in [6.07, 6.45) is 0.912. The van der Waals surface area contributed by atoms with Crippen molar-refractivity contribution in [3.8, 4) is 0 Å². The van der Waals surface area contributed by atoms with Gasteiger partial charge in [0.05, 0.1) is 7.11 Å². The van der Waals surface area contributed by atoms with Gasteiger partial charge in [0.15, 0.2) is 0 Å². The van der Waals surface area contributed by atoms with Crippen molar-refractivity contribution < 1.29 is 14.3 Å². The summed E-state index contributed by atoms with van der Waals surface area (Å²) in [5.74, 6) is -0.350. The summed E-state index contributed by atoms with van der Waals surface area (Å²) >= 11 is 0. The van der Waals surface area contributed by atoms with Crippen molar-refractivity contribution in [3.05, 3.63) is 34.9 Å². The van der Waals surface area contributed by atoms with Crippen molar-refractivity contribution in [1.29, 1.82) is 0 Å². The Morgan fingerprint density at radius 1 is 1.32 bits per heavy atom. The third kappa shape index (κ3) is 3.54. The second-order valence-electron chi connectivity index (χ2n) is 4.52. The molecule has 0 aliphatic carbocycles. The largest absolute Gasteiger partial charge is 0.469 e. The minimum absolute atomic E-state index is 0.0976. The molecule has 0 saturated carbocycles. The Morgan fingerprint density at radius 3 is 2.89 bits per heavy atom. The van der Waals surface area contributed by atoms with Crippen molar-refractivity contribution in [3.63, 3.8) is 0 Å². The van der Waals surface area contributed by atoms with E-state index in [4.69, 9.17) is 0 Å². The predicted molar refractivity (Wildman–Crippen MR) is 70.6 cm³/mol. The van der Waals surface area contributed by atoms with Gasteiger partial charge in [0.25, 0.3) is 5.91 Å². The van der Waals surface area contributed by atoms with E-state index < -0.39 is 0 Å². The fraction of sp³-hybridized carbons (Fsp3) is 0.429. The first-order valence-corrected chi connectivity index (χ1v) is 6.38. The zero-order chi connectivity index (χ0) is 13.7. The molecule has 102 valence electrons. The van der Waals surface area contributed by atoms with Crippen LogP contribution in [0.1, 0.15) is 34.3 Å². The molecule has 1 amide bonds. The van der Waals surface area contributed by atoms with Gasteiger partial charge >= 0.3 is 5.97 Å². The molecule has 1 heterocycles. The molecule has 0 saturated heterocycles. The second kappa shape index (κ2) is 6.33. The van der Waals surface area contributed by atoms with Crippen LogP contribution in [0.2, 0.25) is 0 Å². The van der Waals surface area contributed by atoms with E-state index in [9.17, 15) is 9.59 Å². The van der Waals surface area contributed by atoms with Crippen LogP contribution in [-0.2, 0) is 22.6 Å². The van der Waals surface area contributed by atoms with Crippen LogP contribution in [0.25, 0.3) is 0 Å². The number of ether oxygens (including phenoxy) is 1. The molecular weight excluding hydrogens is 244 g/mol. The number of fused-ring (bicyclic) bond motifs is 1. The number of hydrogen-bond donors (Lipinski definition) is 2. The molecule has 5 heteroatoms. The molecule has 1 aliphatic heterocycles. The van der Waals surface area contributed by atoms with Gasteiger partial charge in [-0.05, 0) is 29.7 Å². The van der Waals surface area contributed by atoms with Crippen molar-refractivity contribution in [2.75, 3.05) is 13.7 Å². The summed E-state index contributed by atoms with van der Waals surface area (Å²) in [6, 6.07) is 5.74. The third-order valence-corrected chi connectivity index (χ3v) is 3.17. The zero-order valence-corrected chi connectivity index (χ0v) is 11.0. The highest BCUT2D eigenvalue weighted by molar-refractivity contribution is 5.94. The summed E-state index contributed by atoms with van der Waals surface area (Å²) in [6.45, 7) is 2.17. The molecule has 0 radical (unpaired) electrons. The number of esters is 1. The fourth-order valence-corrected chi connectivity index (χ4v) is 2.07. The molecule has 0 spiro atoms. The summed E-state index contributed by atoms with van der Waals surface area (Å²) in [5.41, 5.74) is 3.10. The first-order valence-electron chi connectivity index (χ1n) is 6.38. The Kier molecular flexibility index (Phi) is 4.52. The lowest BCUT2D eigenvalue weighted by Gasteiger charge is -2.06. The molecule has 19 heavy (non-hydrogen) atoms. The molecule has 0 atom stereocenters. The Balaban J connectivity index is 1.82. The van der Waals surface area contributed by atoms with Crippen LogP contribution in [-0.4, -0.2) is 25.5 Å². The van der Waals surface area contributed by atoms with Crippen molar-refractivity contribution in [1.82, 2.24) is 10.6 Å². The predicted octanol–water partition coefficient (Wildman–Crippen LogP) is 0.973. The van der Waals surface area contributed by atoms with Crippen molar-refractivity contribution >= 4 is 11.9 Å². The monoisotopic (exact) mass is 262 g/mol. The highest BCUT2D eigenvalue weighted by atomic mass is 16.5. The normalized spacial score (nSPS) is 12.9. The smallest absolute Gasteiger partial charge is 0.305 e. The lowest BCUT2D eigenvalue weighted by atomic mass is 10.1. The van der Waals surface area contributed by atoms with E-state index in [0.29, 0.717) is 24.9 Å². The quantitative estimate of drug-likeness (QED) is 0.613. The number of hydrogen-bond acceptors (Lipinski definition) is 4. The van der Waals surface area contributed by atoms with Crippen LogP contribution in [0.4, 0.5) is 0 Å². The molecule has 2 N–H and O–H groups in total.